The molecule has 0 atom stereocenters. The van der Waals surface area contributed by atoms with Crippen LogP contribution in [0.1, 0.15) is 41.3 Å². The van der Waals surface area contributed by atoms with Crippen molar-refractivity contribution in [2.45, 2.75) is 31.4 Å². The number of fused-ring (bicyclic) bond motifs is 1. The lowest BCUT2D eigenvalue weighted by molar-refractivity contribution is 0.614. The minimum Gasteiger partial charge on any atom is -0.276 e. The van der Waals surface area contributed by atoms with Crippen LogP contribution in [0.25, 0.3) is 22.0 Å². The molecule has 0 radical (unpaired) electrons. The van der Waals surface area contributed by atoms with Gasteiger partial charge in [-0.25, -0.2) is 13.4 Å². The topological polar surface area (TPSA) is 99.5 Å². The highest BCUT2D eigenvalue weighted by Crippen LogP contribution is 2.44. The summed E-state index contributed by atoms with van der Waals surface area (Å²) in [6.07, 6.45) is 3.87. The van der Waals surface area contributed by atoms with Crippen molar-refractivity contribution in [3.63, 3.8) is 0 Å². The van der Waals surface area contributed by atoms with Crippen molar-refractivity contribution >= 4 is 21.6 Å². The SMILES string of the molecule is Cc1cc(-c2c(C#N)ncc3[nH]nc(C4CC4)c23)ccc1C[SH](=O)=O. The van der Waals surface area contributed by atoms with Crippen molar-refractivity contribution in [1.29, 1.82) is 5.26 Å². The van der Waals surface area contributed by atoms with Crippen LogP contribution in [-0.4, -0.2) is 23.6 Å². The zero-order valence-corrected chi connectivity index (χ0v) is 14.5. The molecule has 7 heteroatoms. The third-order valence-electron chi connectivity index (χ3n) is 4.63. The molecule has 3 aromatic rings. The van der Waals surface area contributed by atoms with Crippen LogP contribution >= 0.6 is 0 Å². The number of nitrogens with zero attached hydrogens (tertiary/aromatic N) is 3. The molecule has 1 aliphatic rings. The number of hydrogen-bond acceptors (Lipinski definition) is 5. The van der Waals surface area contributed by atoms with Crippen LogP contribution in [0.4, 0.5) is 0 Å². The first-order chi connectivity index (χ1) is 12.1. The van der Waals surface area contributed by atoms with Gasteiger partial charge in [-0.1, -0.05) is 18.2 Å². The Morgan fingerprint density at radius 2 is 2.16 bits per heavy atom. The van der Waals surface area contributed by atoms with E-state index in [1.807, 2.05) is 25.1 Å². The summed E-state index contributed by atoms with van der Waals surface area (Å²) in [5, 5.41) is 18.0. The van der Waals surface area contributed by atoms with Crippen molar-refractivity contribution in [3.8, 4) is 17.2 Å². The van der Waals surface area contributed by atoms with Crippen LogP contribution in [0.5, 0.6) is 0 Å². The Hall–Kier alpha value is -2.72. The summed E-state index contributed by atoms with van der Waals surface area (Å²) < 4.78 is 22.0. The molecule has 2 heterocycles. The van der Waals surface area contributed by atoms with Crippen molar-refractivity contribution in [2.75, 3.05) is 0 Å². The van der Waals surface area contributed by atoms with E-state index in [1.165, 1.54) is 0 Å². The van der Waals surface area contributed by atoms with E-state index in [-0.39, 0.29) is 5.75 Å². The van der Waals surface area contributed by atoms with Crippen LogP contribution < -0.4 is 0 Å². The molecule has 0 amide bonds. The number of benzene rings is 1. The number of thiol groups is 1. The molecule has 1 aromatic carbocycles. The molecule has 0 spiro atoms. The largest absolute Gasteiger partial charge is 0.276 e. The number of aryl methyl sites for hydroxylation is 1. The third kappa shape index (κ3) is 2.79. The van der Waals surface area contributed by atoms with E-state index < -0.39 is 10.7 Å². The average Bonchev–Trinajstić information content (AvgIpc) is 3.34. The summed E-state index contributed by atoms with van der Waals surface area (Å²) in [7, 11) is -2.47. The van der Waals surface area contributed by atoms with Crippen molar-refractivity contribution in [1.82, 2.24) is 15.2 Å². The van der Waals surface area contributed by atoms with Gasteiger partial charge in [0.15, 0.2) is 0 Å². The van der Waals surface area contributed by atoms with Crippen LogP contribution in [0, 0.1) is 18.3 Å². The Kier molecular flexibility index (Phi) is 3.77. The number of pyridine rings is 1. The number of nitriles is 1. The molecule has 6 nitrogen and oxygen atoms in total. The smallest absolute Gasteiger partial charge is 0.149 e. The fourth-order valence-corrected chi connectivity index (χ4v) is 3.86. The highest BCUT2D eigenvalue weighted by molar-refractivity contribution is 7.71. The maximum absolute atomic E-state index is 11.0. The van der Waals surface area contributed by atoms with E-state index in [9.17, 15) is 13.7 Å². The normalized spacial score (nSPS) is 14.1. The zero-order chi connectivity index (χ0) is 17.6. The molecule has 0 saturated heterocycles. The minimum absolute atomic E-state index is 0.0219. The molecule has 0 aliphatic heterocycles. The highest BCUT2D eigenvalue weighted by Gasteiger charge is 2.30. The Bertz CT molecular complexity index is 1100. The molecule has 4 rings (SSSR count). The van der Waals surface area contributed by atoms with Crippen LogP contribution in [0.3, 0.4) is 0 Å². The number of nitrogens with one attached hydrogen (secondary N) is 1. The lowest BCUT2D eigenvalue weighted by Gasteiger charge is -2.10. The quantitative estimate of drug-likeness (QED) is 0.703. The summed E-state index contributed by atoms with van der Waals surface area (Å²) in [5.74, 6) is 0.458. The predicted molar refractivity (Wildman–Crippen MR) is 94.8 cm³/mol. The number of aromatic nitrogens is 3. The van der Waals surface area contributed by atoms with Crippen molar-refractivity contribution in [2.24, 2.45) is 0 Å². The average molecular weight is 352 g/mol. The predicted octanol–water partition coefficient (Wildman–Crippen LogP) is 2.79. The van der Waals surface area contributed by atoms with Gasteiger partial charge in [0.05, 0.1) is 23.2 Å². The molecule has 1 N–H and O–H groups in total. The Labute approximate surface area is 146 Å². The Balaban J connectivity index is 1.95. The zero-order valence-electron chi connectivity index (χ0n) is 13.6. The summed E-state index contributed by atoms with van der Waals surface area (Å²) >= 11 is 0. The van der Waals surface area contributed by atoms with E-state index in [4.69, 9.17) is 0 Å². The maximum Gasteiger partial charge on any atom is 0.149 e. The first-order valence-corrected chi connectivity index (χ1v) is 9.43. The molecule has 0 unspecified atom stereocenters. The minimum atomic E-state index is -2.47. The van der Waals surface area contributed by atoms with Crippen LogP contribution in [0.15, 0.2) is 24.4 Å². The Morgan fingerprint density at radius 3 is 2.80 bits per heavy atom. The summed E-state index contributed by atoms with van der Waals surface area (Å²) in [4.78, 5) is 4.27. The molecule has 25 heavy (non-hydrogen) atoms. The molecule has 2 aromatic heterocycles. The van der Waals surface area contributed by atoms with Gasteiger partial charge in [0.2, 0.25) is 0 Å². The number of hydrogen-bond donors (Lipinski definition) is 2. The first kappa shape index (κ1) is 15.8. The lowest BCUT2D eigenvalue weighted by Crippen LogP contribution is -1.95. The van der Waals surface area contributed by atoms with Gasteiger partial charge in [-0.3, -0.25) is 5.10 Å². The van der Waals surface area contributed by atoms with E-state index in [2.05, 4.69) is 21.3 Å². The maximum atomic E-state index is 11.0. The van der Waals surface area contributed by atoms with E-state index in [1.54, 1.807) is 6.20 Å². The number of rotatable bonds is 4. The monoisotopic (exact) mass is 352 g/mol. The molecule has 1 aliphatic carbocycles. The van der Waals surface area contributed by atoms with Gasteiger partial charge in [0.25, 0.3) is 0 Å². The first-order valence-electron chi connectivity index (χ1n) is 8.07. The lowest BCUT2D eigenvalue weighted by atomic mass is 9.95. The molecule has 126 valence electrons. The fourth-order valence-electron chi connectivity index (χ4n) is 3.22. The summed E-state index contributed by atoms with van der Waals surface area (Å²) in [5.41, 5.74) is 5.46. The van der Waals surface area contributed by atoms with Gasteiger partial charge in [-0.2, -0.15) is 10.4 Å². The van der Waals surface area contributed by atoms with Gasteiger partial charge in [-0.15, -0.1) is 0 Å². The van der Waals surface area contributed by atoms with Crippen LogP contribution in [0.2, 0.25) is 0 Å². The van der Waals surface area contributed by atoms with Crippen molar-refractivity contribution < 1.29 is 8.42 Å². The van der Waals surface area contributed by atoms with Gasteiger partial charge >= 0.3 is 0 Å². The molecular formula is C18H16N4O2S. The second-order valence-electron chi connectivity index (χ2n) is 6.40. The molecule has 1 saturated carbocycles. The van der Waals surface area contributed by atoms with E-state index >= 15 is 0 Å². The fraction of sp³-hybridized carbons (Fsp3) is 0.278. The van der Waals surface area contributed by atoms with Gasteiger partial charge in [0.1, 0.15) is 22.5 Å². The van der Waals surface area contributed by atoms with E-state index in [0.29, 0.717) is 11.6 Å². The third-order valence-corrected chi connectivity index (χ3v) is 5.23. The summed E-state index contributed by atoms with van der Waals surface area (Å²) in [6, 6.07) is 7.78. The molecule has 1 fully saturated rings. The van der Waals surface area contributed by atoms with Gasteiger partial charge in [0, 0.05) is 16.9 Å². The second-order valence-corrected chi connectivity index (χ2v) is 7.38. The highest BCUT2D eigenvalue weighted by atomic mass is 32.2. The van der Waals surface area contributed by atoms with Crippen LogP contribution in [-0.2, 0) is 16.5 Å². The molecule has 0 bridgehead atoms. The van der Waals surface area contributed by atoms with Gasteiger partial charge in [-0.05, 0) is 36.5 Å². The molecular weight excluding hydrogens is 336 g/mol. The second kappa shape index (κ2) is 5.97. The number of aromatic amines is 1. The standard InChI is InChI=1S/C18H16N4O2S/c1-10-6-12(4-5-13(10)9-25(23)24)16-14(7-19)20-8-15-17(16)18(22-21-15)11-2-3-11/h4-6,8,11,25H,2-3,9H2,1H3,(H,21,22). The van der Waals surface area contributed by atoms with E-state index in [0.717, 1.165) is 51.7 Å². The summed E-state index contributed by atoms with van der Waals surface area (Å²) in [6.45, 7) is 1.88. The Morgan fingerprint density at radius 1 is 1.36 bits per heavy atom. The van der Waals surface area contributed by atoms with Gasteiger partial charge < -0.3 is 0 Å². The van der Waals surface area contributed by atoms with Crippen molar-refractivity contribution in [3.05, 3.63) is 46.9 Å². The number of H-pyrrole nitrogens is 1.